The molecule has 21 heavy (non-hydrogen) atoms. The van der Waals surface area contributed by atoms with Crippen LogP contribution in [0.4, 0.5) is 5.69 Å². The van der Waals surface area contributed by atoms with Gasteiger partial charge in [-0.15, -0.1) is 0 Å². The van der Waals surface area contributed by atoms with E-state index in [1.54, 1.807) is 0 Å². The lowest BCUT2D eigenvalue weighted by molar-refractivity contribution is 0.0343. The zero-order valence-corrected chi connectivity index (χ0v) is 14.1. The molecule has 0 aromatic heterocycles. The second kappa shape index (κ2) is 7.28. The standard InChI is InChI=1S/C18H30N2O/c1-13(2)9-19-10-17-6-7-18(14(3)8-17)20-11-16(5)21-12-15(20)4/h6-8,13,15-16,19H,9-12H2,1-5H3. The Balaban J connectivity index is 2.04. The van der Waals surface area contributed by atoms with Gasteiger partial charge in [-0.2, -0.15) is 0 Å². The van der Waals surface area contributed by atoms with E-state index >= 15 is 0 Å². The van der Waals surface area contributed by atoms with Crippen LogP contribution in [0, 0.1) is 12.8 Å². The topological polar surface area (TPSA) is 24.5 Å². The molecule has 1 aromatic rings. The molecule has 2 atom stereocenters. The molecule has 118 valence electrons. The maximum atomic E-state index is 5.73. The zero-order chi connectivity index (χ0) is 15.4. The van der Waals surface area contributed by atoms with E-state index in [-0.39, 0.29) is 0 Å². The van der Waals surface area contributed by atoms with Crippen LogP contribution >= 0.6 is 0 Å². The highest BCUT2D eigenvalue weighted by atomic mass is 16.5. The Morgan fingerprint density at radius 1 is 1.33 bits per heavy atom. The number of nitrogens with zero attached hydrogens (tertiary/aromatic N) is 1. The summed E-state index contributed by atoms with van der Waals surface area (Å²) < 4.78 is 5.73. The van der Waals surface area contributed by atoms with E-state index in [1.165, 1.54) is 16.8 Å². The Kier molecular flexibility index (Phi) is 5.65. The van der Waals surface area contributed by atoms with Gasteiger partial charge >= 0.3 is 0 Å². The van der Waals surface area contributed by atoms with Gasteiger partial charge in [-0.1, -0.05) is 26.0 Å². The fraction of sp³-hybridized carbons (Fsp3) is 0.667. The summed E-state index contributed by atoms with van der Waals surface area (Å²) in [5, 5.41) is 3.51. The molecule has 0 saturated carbocycles. The van der Waals surface area contributed by atoms with Crippen molar-refractivity contribution in [3.63, 3.8) is 0 Å². The van der Waals surface area contributed by atoms with Crippen LogP contribution in [0.1, 0.15) is 38.8 Å². The van der Waals surface area contributed by atoms with Gasteiger partial charge in [0.25, 0.3) is 0 Å². The largest absolute Gasteiger partial charge is 0.375 e. The van der Waals surface area contributed by atoms with Gasteiger partial charge in [0, 0.05) is 24.8 Å². The fourth-order valence-electron chi connectivity index (χ4n) is 2.89. The van der Waals surface area contributed by atoms with E-state index in [2.05, 4.69) is 63.0 Å². The van der Waals surface area contributed by atoms with Crippen molar-refractivity contribution in [2.24, 2.45) is 5.92 Å². The van der Waals surface area contributed by atoms with Crippen LogP contribution in [0.3, 0.4) is 0 Å². The monoisotopic (exact) mass is 290 g/mol. The first-order chi connectivity index (χ1) is 9.97. The van der Waals surface area contributed by atoms with E-state index in [0.717, 1.165) is 26.2 Å². The van der Waals surface area contributed by atoms with E-state index in [1.807, 2.05) is 0 Å². The number of ether oxygens (including phenoxy) is 1. The Morgan fingerprint density at radius 3 is 2.76 bits per heavy atom. The molecule has 0 amide bonds. The molecule has 1 fully saturated rings. The average molecular weight is 290 g/mol. The minimum atomic E-state index is 0.313. The minimum Gasteiger partial charge on any atom is -0.375 e. The van der Waals surface area contributed by atoms with Crippen LogP contribution in [0.2, 0.25) is 0 Å². The Morgan fingerprint density at radius 2 is 2.10 bits per heavy atom. The molecule has 1 aliphatic heterocycles. The first kappa shape index (κ1) is 16.3. The summed E-state index contributed by atoms with van der Waals surface area (Å²) in [5.74, 6) is 0.695. The van der Waals surface area contributed by atoms with E-state index in [0.29, 0.717) is 18.1 Å². The number of benzene rings is 1. The molecule has 0 bridgehead atoms. The first-order valence-corrected chi connectivity index (χ1v) is 8.16. The highest BCUT2D eigenvalue weighted by molar-refractivity contribution is 5.55. The number of anilines is 1. The second-order valence-corrected chi connectivity index (χ2v) is 6.79. The van der Waals surface area contributed by atoms with Crippen LogP contribution < -0.4 is 10.2 Å². The van der Waals surface area contributed by atoms with E-state index in [9.17, 15) is 0 Å². The van der Waals surface area contributed by atoms with Gasteiger partial charge in [-0.3, -0.25) is 0 Å². The van der Waals surface area contributed by atoms with Crippen molar-refractivity contribution >= 4 is 5.69 Å². The molecule has 1 saturated heterocycles. The van der Waals surface area contributed by atoms with Gasteiger partial charge in [0.2, 0.25) is 0 Å². The quantitative estimate of drug-likeness (QED) is 0.900. The normalized spacial score (nSPS) is 22.9. The van der Waals surface area contributed by atoms with E-state index < -0.39 is 0 Å². The summed E-state index contributed by atoms with van der Waals surface area (Å²) in [5.41, 5.74) is 4.08. The number of nitrogens with one attached hydrogen (secondary N) is 1. The third-order valence-electron chi connectivity index (χ3n) is 4.06. The molecule has 3 heteroatoms. The van der Waals surface area contributed by atoms with Gasteiger partial charge in [0.05, 0.1) is 12.7 Å². The lowest BCUT2D eigenvalue weighted by atomic mass is 10.1. The predicted molar refractivity (Wildman–Crippen MR) is 89.9 cm³/mol. The minimum absolute atomic E-state index is 0.313. The van der Waals surface area contributed by atoms with Crippen molar-refractivity contribution in [3.05, 3.63) is 29.3 Å². The molecule has 1 aliphatic rings. The van der Waals surface area contributed by atoms with E-state index in [4.69, 9.17) is 4.74 Å². The molecular weight excluding hydrogens is 260 g/mol. The zero-order valence-electron chi connectivity index (χ0n) is 14.1. The Labute approximate surface area is 129 Å². The molecular formula is C18H30N2O. The van der Waals surface area contributed by atoms with Crippen LogP contribution in [0.15, 0.2) is 18.2 Å². The number of hydrogen-bond acceptors (Lipinski definition) is 3. The number of aryl methyl sites for hydroxylation is 1. The molecule has 1 N–H and O–H groups in total. The van der Waals surface area contributed by atoms with Crippen LogP contribution in [-0.2, 0) is 11.3 Å². The number of rotatable bonds is 5. The van der Waals surface area contributed by atoms with Crippen LogP contribution in [-0.4, -0.2) is 31.8 Å². The van der Waals surface area contributed by atoms with Crippen molar-refractivity contribution in [3.8, 4) is 0 Å². The highest BCUT2D eigenvalue weighted by Gasteiger charge is 2.24. The third-order valence-corrected chi connectivity index (χ3v) is 4.06. The van der Waals surface area contributed by atoms with Crippen molar-refractivity contribution < 1.29 is 4.74 Å². The summed E-state index contributed by atoms with van der Waals surface area (Å²) in [6.45, 7) is 14.9. The molecule has 2 unspecified atom stereocenters. The molecule has 0 radical (unpaired) electrons. The van der Waals surface area contributed by atoms with Crippen molar-refractivity contribution in [2.45, 2.75) is 53.3 Å². The number of morpholine rings is 1. The predicted octanol–water partition coefficient (Wildman–Crippen LogP) is 3.35. The van der Waals surface area contributed by atoms with Gasteiger partial charge < -0.3 is 15.0 Å². The average Bonchev–Trinajstić information content (AvgIpc) is 2.42. The van der Waals surface area contributed by atoms with Crippen LogP contribution in [0.25, 0.3) is 0 Å². The van der Waals surface area contributed by atoms with Gasteiger partial charge in [0.15, 0.2) is 0 Å². The maximum Gasteiger partial charge on any atom is 0.0723 e. The maximum absolute atomic E-state index is 5.73. The van der Waals surface area contributed by atoms with Crippen molar-refractivity contribution in [2.75, 3.05) is 24.6 Å². The Hall–Kier alpha value is -1.06. The van der Waals surface area contributed by atoms with Gasteiger partial charge in [0.1, 0.15) is 0 Å². The second-order valence-electron chi connectivity index (χ2n) is 6.79. The SMILES string of the molecule is Cc1cc(CNCC(C)C)ccc1N1CC(C)OCC1C. The number of hydrogen-bond donors (Lipinski definition) is 1. The molecule has 0 aliphatic carbocycles. The third kappa shape index (κ3) is 4.45. The summed E-state index contributed by atoms with van der Waals surface area (Å²) in [7, 11) is 0. The van der Waals surface area contributed by atoms with Crippen molar-refractivity contribution in [1.29, 1.82) is 0 Å². The van der Waals surface area contributed by atoms with Gasteiger partial charge in [-0.05, 0) is 50.4 Å². The molecule has 3 nitrogen and oxygen atoms in total. The highest BCUT2D eigenvalue weighted by Crippen LogP contribution is 2.26. The van der Waals surface area contributed by atoms with Crippen LogP contribution in [0.5, 0.6) is 0 Å². The summed E-state index contributed by atoms with van der Waals surface area (Å²) in [6, 6.07) is 7.29. The molecule has 0 spiro atoms. The summed E-state index contributed by atoms with van der Waals surface area (Å²) in [4.78, 5) is 2.48. The first-order valence-electron chi connectivity index (χ1n) is 8.16. The van der Waals surface area contributed by atoms with Crippen molar-refractivity contribution in [1.82, 2.24) is 5.32 Å². The molecule has 2 rings (SSSR count). The lowest BCUT2D eigenvalue weighted by Gasteiger charge is -2.39. The lowest BCUT2D eigenvalue weighted by Crippen LogP contribution is -2.47. The smallest absolute Gasteiger partial charge is 0.0723 e. The fourth-order valence-corrected chi connectivity index (χ4v) is 2.89. The molecule has 1 aromatic carbocycles. The van der Waals surface area contributed by atoms with Gasteiger partial charge in [-0.25, -0.2) is 0 Å². The summed E-state index contributed by atoms with van der Waals surface area (Å²) in [6.07, 6.45) is 0.313. The Bertz CT molecular complexity index is 459. The molecule has 1 heterocycles. The summed E-state index contributed by atoms with van der Waals surface area (Å²) >= 11 is 0.